The Balaban J connectivity index is 1.56. The minimum atomic E-state index is 0.379. The highest BCUT2D eigenvalue weighted by atomic mass is 16.5. The fourth-order valence-electron chi connectivity index (χ4n) is 2.48. The molecule has 0 saturated heterocycles. The average Bonchev–Trinajstić information content (AvgIpc) is 3.09. The minimum Gasteiger partial charge on any atom is -0.457 e. The lowest BCUT2D eigenvalue weighted by atomic mass is 10.1. The van der Waals surface area contributed by atoms with E-state index in [1.54, 1.807) is 4.68 Å². The van der Waals surface area contributed by atoms with Crippen molar-refractivity contribution in [1.82, 2.24) is 20.2 Å². The summed E-state index contributed by atoms with van der Waals surface area (Å²) in [5.41, 5.74) is 1.94. The number of benzene rings is 3. The zero-order chi connectivity index (χ0) is 15.5. The van der Waals surface area contributed by atoms with Crippen molar-refractivity contribution in [2.45, 2.75) is 6.61 Å². The number of para-hydroxylation sites is 1. The molecule has 0 bridgehead atoms. The molecule has 0 saturated carbocycles. The van der Waals surface area contributed by atoms with Gasteiger partial charge in [0, 0.05) is 0 Å². The number of fused-ring (bicyclic) bond motifs is 1. The SMILES string of the molecule is c1ccc(-n2nnnc2OCc2ccc3ccccc3c2)cc1. The molecule has 0 aliphatic carbocycles. The highest BCUT2D eigenvalue weighted by molar-refractivity contribution is 5.82. The Morgan fingerprint density at radius 3 is 2.48 bits per heavy atom. The second-order valence-electron chi connectivity index (χ2n) is 5.18. The fourth-order valence-corrected chi connectivity index (χ4v) is 2.48. The van der Waals surface area contributed by atoms with Crippen LogP contribution in [0.25, 0.3) is 16.5 Å². The van der Waals surface area contributed by atoms with Crippen LogP contribution < -0.4 is 4.74 Å². The topological polar surface area (TPSA) is 52.8 Å². The summed E-state index contributed by atoms with van der Waals surface area (Å²) in [5, 5.41) is 14.0. The van der Waals surface area contributed by atoms with Crippen LogP contribution in [0.2, 0.25) is 0 Å². The van der Waals surface area contributed by atoms with Crippen molar-refractivity contribution in [2.24, 2.45) is 0 Å². The molecule has 0 N–H and O–H groups in total. The van der Waals surface area contributed by atoms with Gasteiger partial charge in [0.1, 0.15) is 6.61 Å². The van der Waals surface area contributed by atoms with E-state index in [1.165, 1.54) is 10.8 Å². The van der Waals surface area contributed by atoms with Crippen molar-refractivity contribution in [3.05, 3.63) is 78.4 Å². The number of nitrogens with zero attached hydrogens (tertiary/aromatic N) is 4. The maximum absolute atomic E-state index is 5.79. The summed E-state index contributed by atoms with van der Waals surface area (Å²) in [7, 11) is 0. The Kier molecular flexibility index (Phi) is 3.44. The molecule has 0 aliphatic rings. The standard InChI is InChI=1S/C18H14N4O/c1-2-8-17(9-3-1)22-18(19-20-21-22)23-13-14-10-11-15-6-4-5-7-16(15)12-14/h1-12H,13H2. The smallest absolute Gasteiger partial charge is 0.340 e. The number of tetrazole rings is 1. The number of ether oxygens (including phenoxy) is 1. The van der Waals surface area contributed by atoms with Gasteiger partial charge in [-0.25, -0.2) is 0 Å². The molecule has 0 spiro atoms. The number of rotatable bonds is 4. The fraction of sp³-hybridized carbons (Fsp3) is 0.0556. The average molecular weight is 302 g/mol. The second-order valence-corrected chi connectivity index (χ2v) is 5.18. The van der Waals surface area contributed by atoms with Gasteiger partial charge in [-0.3, -0.25) is 0 Å². The minimum absolute atomic E-state index is 0.379. The van der Waals surface area contributed by atoms with Gasteiger partial charge >= 0.3 is 6.01 Å². The Labute approximate surface area is 133 Å². The Morgan fingerprint density at radius 1 is 0.826 bits per heavy atom. The van der Waals surface area contributed by atoms with Crippen LogP contribution in [0, 0.1) is 0 Å². The third kappa shape index (κ3) is 2.76. The molecule has 23 heavy (non-hydrogen) atoms. The molecule has 0 fully saturated rings. The Morgan fingerprint density at radius 2 is 1.61 bits per heavy atom. The van der Waals surface area contributed by atoms with Crippen molar-refractivity contribution in [2.75, 3.05) is 0 Å². The lowest BCUT2D eigenvalue weighted by Gasteiger charge is -2.07. The van der Waals surface area contributed by atoms with E-state index in [1.807, 2.05) is 42.5 Å². The van der Waals surface area contributed by atoms with Crippen LogP contribution in [0.5, 0.6) is 6.01 Å². The van der Waals surface area contributed by atoms with Gasteiger partial charge in [-0.2, -0.15) is 4.68 Å². The highest BCUT2D eigenvalue weighted by Gasteiger charge is 2.09. The molecule has 0 atom stereocenters. The molecule has 1 aromatic heterocycles. The van der Waals surface area contributed by atoms with E-state index in [-0.39, 0.29) is 0 Å². The van der Waals surface area contributed by atoms with Crippen LogP contribution in [0.4, 0.5) is 0 Å². The maximum Gasteiger partial charge on any atom is 0.340 e. The number of hydrogen-bond donors (Lipinski definition) is 0. The molecule has 4 rings (SSSR count). The van der Waals surface area contributed by atoms with Gasteiger partial charge in [-0.05, 0) is 45.0 Å². The van der Waals surface area contributed by atoms with E-state index >= 15 is 0 Å². The third-order valence-corrected chi connectivity index (χ3v) is 3.62. The molecule has 0 amide bonds. The monoisotopic (exact) mass is 302 g/mol. The van der Waals surface area contributed by atoms with Crippen LogP contribution in [0.3, 0.4) is 0 Å². The van der Waals surface area contributed by atoms with E-state index < -0.39 is 0 Å². The van der Waals surface area contributed by atoms with E-state index in [0.717, 1.165) is 11.3 Å². The van der Waals surface area contributed by atoms with Crippen molar-refractivity contribution in [1.29, 1.82) is 0 Å². The lowest BCUT2D eigenvalue weighted by molar-refractivity contribution is 0.273. The van der Waals surface area contributed by atoms with Gasteiger partial charge in [0.2, 0.25) is 0 Å². The van der Waals surface area contributed by atoms with Crippen molar-refractivity contribution in [3.8, 4) is 11.7 Å². The zero-order valence-electron chi connectivity index (χ0n) is 12.3. The summed E-state index contributed by atoms with van der Waals surface area (Å²) >= 11 is 0. The lowest BCUT2D eigenvalue weighted by Crippen LogP contribution is -2.04. The molecular formula is C18H14N4O. The van der Waals surface area contributed by atoms with E-state index in [2.05, 4.69) is 45.9 Å². The molecule has 3 aromatic carbocycles. The second kappa shape index (κ2) is 5.88. The quantitative estimate of drug-likeness (QED) is 0.580. The third-order valence-electron chi connectivity index (χ3n) is 3.62. The Hall–Kier alpha value is -3.21. The molecule has 0 aliphatic heterocycles. The summed E-state index contributed by atoms with van der Waals surface area (Å²) in [6.07, 6.45) is 0. The molecule has 4 aromatic rings. The largest absolute Gasteiger partial charge is 0.457 e. The maximum atomic E-state index is 5.79. The van der Waals surface area contributed by atoms with E-state index in [9.17, 15) is 0 Å². The van der Waals surface area contributed by atoms with E-state index in [0.29, 0.717) is 12.6 Å². The van der Waals surface area contributed by atoms with Gasteiger partial charge < -0.3 is 4.74 Å². The normalized spacial score (nSPS) is 10.8. The van der Waals surface area contributed by atoms with Crippen LogP contribution in [0.15, 0.2) is 72.8 Å². The zero-order valence-corrected chi connectivity index (χ0v) is 12.3. The molecule has 5 heteroatoms. The Bertz CT molecular complexity index is 934. The van der Waals surface area contributed by atoms with Crippen molar-refractivity contribution in [3.63, 3.8) is 0 Å². The van der Waals surface area contributed by atoms with Crippen LogP contribution in [0.1, 0.15) is 5.56 Å². The van der Waals surface area contributed by atoms with Crippen LogP contribution in [-0.4, -0.2) is 20.2 Å². The van der Waals surface area contributed by atoms with Gasteiger partial charge in [-0.15, -0.1) is 0 Å². The number of hydrogen-bond acceptors (Lipinski definition) is 4. The molecule has 5 nitrogen and oxygen atoms in total. The van der Waals surface area contributed by atoms with Gasteiger partial charge in [0.05, 0.1) is 5.69 Å². The number of aromatic nitrogens is 4. The van der Waals surface area contributed by atoms with E-state index in [4.69, 9.17) is 4.74 Å². The van der Waals surface area contributed by atoms with Gasteiger partial charge in [0.15, 0.2) is 0 Å². The van der Waals surface area contributed by atoms with Crippen LogP contribution >= 0.6 is 0 Å². The molecule has 112 valence electrons. The first-order chi connectivity index (χ1) is 11.4. The van der Waals surface area contributed by atoms with Crippen LogP contribution in [-0.2, 0) is 6.61 Å². The van der Waals surface area contributed by atoms with Crippen molar-refractivity contribution >= 4 is 10.8 Å². The molecular weight excluding hydrogens is 288 g/mol. The predicted octanol–water partition coefficient (Wildman–Crippen LogP) is 3.39. The van der Waals surface area contributed by atoms with Crippen molar-refractivity contribution < 1.29 is 4.74 Å². The first kappa shape index (κ1) is 13.5. The van der Waals surface area contributed by atoms with Gasteiger partial charge in [0.25, 0.3) is 0 Å². The predicted molar refractivity (Wildman–Crippen MR) is 87.4 cm³/mol. The molecule has 1 heterocycles. The first-order valence-corrected chi connectivity index (χ1v) is 7.34. The first-order valence-electron chi connectivity index (χ1n) is 7.34. The molecule has 0 unspecified atom stereocenters. The highest BCUT2D eigenvalue weighted by Crippen LogP contribution is 2.18. The summed E-state index contributed by atoms with van der Waals surface area (Å²) < 4.78 is 7.38. The summed E-state index contributed by atoms with van der Waals surface area (Å²) in [6.45, 7) is 0.415. The summed E-state index contributed by atoms with van der Waals surface area (Å²) in [4.78, 5) is 0. The van der Waals surface area contributed by atoms with Gasteiger partial charge in [-0.1, -0.05) is 59.7 Å². The summed E-state index contributed by atoms with van der Waals surface area (Å²) in [6, 6.07) is 24.6. The molecule has 0 radical (unpaired) electrons. The summed E-state index contributed by atoms with van der Waals surface area (Å²) in [5.74, 6) is 0.